The SMILES string of the molecule is O=C(CC1C=CC=C(OC(F)(F)F)C1)NC1=NC=C(N2CCC(c3nnc(NC(=O)Cc4ccccn4)s3)CC2)CC1. The molecule has 14 heteroatoms. The fourth-order valence-corrected chi connectivity index (χ4v) is 6.01. The number of likely N-dealkylation sites (tertiary alicyclic amines) is 1. The molecule has 1 aliphatic carbocycles. The number of rotatable bonds is 8. The maximum Gasteiger partial charge on any atom is 0.572 e. The molecule has 2 aliphatic heterocycles. The Labute approximate surface area is 244 Å². The van der Waals surface area contributed by atoms with Crippen LogP contribution in [0.2, 0.25) is 0 Å². The van der Waals surface area contributed by atoms with Crippen molar-refractivity contribution in [1.29, 1.82) is 0 Å². The van der Waals surface area contributed by atoms with Crippen molar-refractivity contribution in [3.05, 3.63) is 71.0 Å². The Bertz CT molecular complexity index is 1400. The summed E-state index contributed by atoms with van der Waals surface area (Å²) in [5.74, 6) is -0.251. The minimum absolute atomic E-state index is 0.00882. The van der Waals surface area contributed by atoms with Crippen LogP contribution in [0.5, 0.6) is 0 Å². The highest BCUT2D eigenvalue weighted by Gasteiger charge is 2.33. The number of piperidine rings is 1. The molecule has 222 valence electrons. The largest absolute Gasteiger partial charge is 0.572 e. The topological polar surface area (TPSA) is 122 Å². The first-order valence-corrected chi connectivity index (χ1v) is 14.5. The number of nitrogens with zero attached hydrogens (tertiary/aromatic N) is 5. The predicted octanol–water partition coefficient (Wildman–Crippen LogP) is 4.83. The minimum atomic E-state index is -4.75. The van der Waals surface area contributed by atoms with E-state index in [1.54, 1.807) is 30.6 Å². The maximum atomic E-state index is 12.5. The summed E-state index contributed by atoms with van der Waals surface area (Å²) < 4.78 is 41.5. The Morgan fingerprint density at radius 3 is 2.64 bits per heavy atom. The van der Waals surface area contributed by atoms with Crippen LogP contribution in [-0.4, -0.2) is 57.2 Å². The minimum Gasteiger partial charge on any atom is -0.410 e. The lowest BCUT2D eigenvalue weighted by atomic mass is 9.95. The van der Waals surface area contributed by atoms with Gasteiger partial charge in [0.05, 0.1) is 6.42 Å². The van der Waals surface area contributed by atoms with Crippen LogP contribution in [0.4, 0.5) is 18.3 Å². The summed E-state index contributed by atoms with van der Waals surface area (Å²) in [6.07, 6.45) is 6.43. The molecular weight excluding hydrogens is 571 g/mol. The molecule has 0 radical (unpaired) electrons. The van der Waals surface area contributed by atoms with Crippen LogP contribution in [0, 0.1) is 5.92 Å². The normalized spacial score (nSPS) is 19.5. The van der Waals surface area contributed by atoms with Gasteiger partial charge in [-0.25, -0.2) is 4.99 Å². The third-order valence-electron chi connectivity index (χ3n) is 7.10. The van der Waals surface area contributed by atoms with Crippen LogP contribution in [-0.2, 0) is 20.7 Å². The molecule has 4 heterocycles. The number of alkyl halides is 3. The van der Waals surface area contributed by atoms with Gasteiger partial charge in [0.2, 0.25) is 16.9 Å². The van der Waals surface area contributed by atoms with Crippen LogP contribution in [0.3, 0.4) is 0 Å². The van der Waals surface area contributed by atoms with Crippen molar-refractivity contribution in [2.24, 2.45) is 10.9 Å². The highest BCUT2D eigenvalue weighted by atomic mass is 32.1. The number of carbonyl (C=O) groups excluding carboxylic acids is 2. The molecule has 10 nitrogen and oxygen atoms in total. The van der Waals surface area contributed by atoms with Gasteiger partial charge in [0, 0.05) is 62.1 Å². The Kier molecular flexibility index (Phi) is 9.30. The number of halogens is 3. The van der Waals surface area contributed by atoms with E-state index in [1.165, 1.54) is 23.5 Å². The van der Waals surface area contributed by atoms with E-state index in [4.69, 9.17) is 0 Å². The van der Waals surface area contributed by atoms with Gasteiger partial charge in [-0.1, -0.05) is 29.6 Å². The number of allylic oxidation sites excluding steroid dienone is 5. The summed E-state index contributed by atoms with van der Waals surface area (Å²) in [5, 5.41) is 15.5. The van der Waals surface area contributed by atoms with Gasteiger partial charge in [0.15, 0.2) is 0 Å². The number of anilines is 1. The molecule has 0 saturated carbocycles. The molecule has 1 fully saturated rings. The van der Waals surface area contributed by atoms with Crippen molar-refractivity contribution in [3.8, 4) is 0 Å². The van der Waals surface area contributed by atoms with Crippen molar-refractivity contribution >= 4 is 34.1 Å². The number of hydrogen-bond acceptors (Lipinski definition) is 9. The number of aromatic nitrogens is 3. The second kappa shape index (κ2) is 13.3. The van der Waals surface area contributed by atoms with E-state index in [-0.39, 0.29) is 48.7 Å². The Morgan fingerprint density at radius 2 is 1.93 bits per heavy atom. The molecule has 0 bridgehead atoms. The molecule has 2 aromatic heterocycles. The van der Waals surface area contributed by atoms with Gasteiger partial charge in [0.25, 0.3) is 0 Å². The van der Waals surface area contributed by atoms with Gasteiger partial charge in [-0.3, -0.25) is 14.6 Å². The quantitative estimate of drug-likeness (QED) is 0.445. The van der Waals surface area contributed by atoms with Crippen LogP contribution in [0.15, 0.2) is 65.3 Å². The van der Waals surface area contributed by atoms with Crippen LogP contribution in [0.25, 0.3) is 0 Å². The predicted molar refractivity (Wildman–Crippen MR) is 150 cm³/mol. The fraction of sp³-hybridized carbons (Fsp3) is 0.429. The highest BCUT2D eigenvalue weighted by molar-refractivity contribution is 7.15. The third-order valence-corrected chi connectivity index (χ3v) is 8.10. The molecule has 2 amide bonds. The molecule has 0 aromatic carbocycles. The number of amides is 2. The summed E-state index contributed by atoms with van der Waals surface area (Å²) in [6, 6.07) is 5.44. The fourth-order valence-electron chi connectivity index (χ4n) is 5.09. The smallest absolute Gasteiger partial charge is 0.410 e. The first-order valence-electron chi connectivity index (χ1n) is 13.7. The molecule has 1 unspecified atom stereocenters. The first-order chi connectivity index (χ1) is 20.2. The maximum absolute atomic E-state index is 12.5. The van der Waals surface area contributed by atoms with Crippen molar-refractivity contribution in [3.63, 3.8) is 0 Å². The third kappa shape index (κ3) is 8.47. The monoisotopic (exact) mass is 601 g/mol. The number of aliphatic imine (C=N–C) groups is 1. The van der Waals surface area contributed by atoms with Crippen LogP contribution in [0.1, 0.15) is 55.1 Å². The molecule has 2 N–H and O–H groups in total. The lowest BCUT2D eigenvalue weighted by molar-refractivity contribution is -0.306. The van der Waals surface area contributed by atoms with E-state index >= 15 is 0 Å². The lowest BCUT2D eigenvalue weighted by Gasteiger charge is -2.35. The van der Waals surface area contributed by atoms with Gasteiger partial charge in [-0.15, -0.1) is 23.4 Å². The summed E-state index contributed by atoms with van der Waals surface area (Å²) >= 11 is 1.40. The summed E-state index contributed by atoms with van der Waals surface area (Å²) in [4.78, 5) is 35.7. The standard InChI is InChI=1S/C28H30F3N7O3S/c29-28(30,31)41-22-6-3-4-18(14-22)15-24(39)34-23-8-7-21(17-33-23)38-12-9-19(10-13-38)26-36-37-27(42-26)35-25(40)16-20-5-1-2-11-32-20/h1-6,11,17-19H,7-10,12-16H2,(H,33,34,39)(H,35,37,40). The summed E-state index contributed by atoms with van der Waals surface area (Å²) in [5.41, 5.74) is 1.79. The Balaban J connectivity index is 1.05. The molecule has 1 atom stereocenters. The number of pyridine rings is 1. The second-order valence-corrected chi connectivity index (χ2v) is 11.2. The van der Waals surface area contributed by atoms with Crippen molar-refractivity contribution in [1.82, 2.24) is 25.4 Å². The summed E-state index contributed by atoms with van der Waals surface area (Å²) in [7, 11) is 0. The summed E-state index contributed by atoms with van der Waals surface area (Å²) in [6.45, 7) is 1.66. The number of nitrogens with one attached hydrogen (secondary N) is 2. The van der Waals surface area contributed by atoms with Gasteiger partial charge >= 0.3 is 6.36 Å². The molecule has 42 heavy (non-hydrogen) atoms. The Morgan fingerprint density at radius 1 is 1.10 bits per heavy atom. The van der Waals surface area contributed by atoms with Crippen molar-refractivity contribution in [2.75, 3.05) is 18.4 Å². The van der Waals surface area contributed by atoms with Crippen LogP contribution < -0.4 is 10.6 Å². The van der Waals surface area contributed by atoms with E-state index in [0.717, 1.165) is 43.1 Å². The lowest BCUT2D eigenvalue weighted by Crippen LogP contribution is -2.36. The Hall–Kier alpha value is -4.07. The van der Waals surface area contributed by atoms with Gasteiger partial charge in [0.1, 0.15) is 16.6 Å². The van der Waals surface area contributed by atoms with E-state index in [0.29, 0.717) is 23.1 Å². The van der Waals surface area contributed by atoms with E-state index < -0.39 is 6.36 Å². The zero-order chi connectivity index (χ0) is 29.5. The van der Waals surface area contributed by atoms with Crippen molar-refractivity contribution in [2.45, 2.75) is 57.2 Å². The average molecular weight is 602 g/mol. The van der Waals surface area contributed by atoms with E-state index in [2.05, 4.69) is 40.4 Å². The number of hydrogen-bond donors (Lipinski definition) is 2. The molecular formula is C28H30F3N7O3S. The number of carbonyl (C=O) groups is 2. The first kappa shape index (κ1) is 29.4. The highest BCUT2D eigenvalue weighted by Crippen LogP contribution is 2.34. The molecule has 2 aromatic rings. The zero-order valence-corrected chi connectivity index (χ0v) is 23.5. The van der Waals surface area contributed by atoms with Gasteiger partial charge < -0.3 is 20.3 Å². The van der Waals surface area contributed by atoms with Crippen molar-refractivity contribution < 1.29 is 27.5 Å². The van der Waals surface area contributed by atoms with Crippen LogP contribution >= 0.6 is 11.3 Å². The number of amidine groups is 1. The molecule has 0 spiro atoms. The molecule has 3 aliphatic rings. The van der Waals surface area contributed by atoms with E-state index in [9.17, 15) is 22.8 Å². The molecule has 5 rings (SSSR count). The van der Waals surface area contributed by atoms with Gasteiger partial charge in [-0.2, -0.15) is 0 Å². The van der Waals surface area contributed by atoms with E-state index in [1.807, 2.05) is 6.07 Å². The zero-order valence-electron chi connectivity index (χ0n) is 22.6. The average Bonchev–Trinajstić information content (AvgIpc) is 3.41. The van der Waals surface area contributed by atoms with Gasteiger partial charge in [-0.05, 0) is 43.4 Å². The molecule has 1 saturated heterocycles. The number of ether oxygens (including phenoxy) is 1. The second-order valence-electron chi connectivity index (χ2n) is 10.2.